The van der Waals surface area contributed by atoms with Crippen LogP contribution in [0, 0.1) is 0 Å². The standard InChI is InChI=1S/C8H5F3O2S/c9-5(7(13)8(10)11)6(12)4-2-1-3-14-4/h1-3,5,8H. The fourth-order valence-corrected chi connectivity index (χ4v) is 1.46. The van der Waals surface area contributed by atoms with Crippen molar-refractivity contribution in [3.8, 4) is 0 Å². The number of carbonyl (C=O) groups excluding carboxylic acids is 2. The molecule has 0 amide bonds. The molecule has 0 spiro atoms. The number of alkyl halides is 3. The average molecular weight is 222 g/mol. The van der Waals surface area contributed by atoms with Gasteiger partial charge in [-0.2, -0.15) is 0 Å². The first-order chi connectivity index (χ1) is 6.54. The number of ketones is 2. The minimum absolute atomic E-state index is 0.0356. The lowest BCUT2D eigenvalue weighted by atomic mass is 10.1. The Bertz CT molecular complexity index is 334. The molecule has 0 fully saturated rings. The summed E-state index contributed by atoms with van der Waals surface area (Å²) in [7, 11) is 0. The molecule has 0 saturated carbocycles. The molecule has 1 aromatic rings. The highest BCUT2D eigenvalue weighted by atomic mass is 32.1. The van der Waals surface area contributed by atoms with E-state index in [0.29, 0.717) is 0 Å². The van der Waals surface area contributed by atoms with Gasteiger partial charge in [-0.15, -0.1) is 11.3 Å². The molecule has 1 rings (SSSR count). The number of carbonyl (C=O) groups is 2. The van der Waals surface area contributed by atoms with Gasteiger partial charge in [0.25, 0.3) is 6.43 Å². The zero-order chi connectivity index (χ0) is 10.7. The largest absolute Gasteiger partial charge is 0.299 e. The van der Waals surface area contributed by atoms with Crippen molar-refractivity contribution in [1.29, 1.82) is 0 Å². The van der Waals surface area contributed by atoms with Gasteiger partial charge in [0, 0.05) is 0 Å². The fraction of sp³-hybridized carbons (Fsp3) is 0.250. The quantitative estimate of drug-likeness (QED) is 0.577. The van der Waals surface area contributed by atoms with Gasteiger partial charge in [0.1, 0.15) is 0 Å². The third kappa shape index (κ3) is 2.20. The van der Waals surface area contributed by atoms with E-state index in [1.807, 2.05) is 0 Å². The topological polar surface area (TPSA) is 34.1 Å². The Morgan fingerprint density at radius 1 is 1.29 bits per heavy atom. The molecule has 0 radical (unpaired) electrons. The number of hydrogen-bond acceptors (Lipinski definition) is 3. The molecule has 0 aliphatic heterocycles. The van der Waals surface area contributed by atoms with Gasteiger partial charge in [-0.3, -0.25) is 9.59 Å². The summed E-state index contributed by atoms with van der Waals surface area (Å²) in [6, 6.07) is 2.75. The lowest BCUT2D eigenvalue weighted by Gasteiger charge is -2.03. The van der Waals surface area contributed by atoms with E-state index in [1.165, 1.54) is 17.5 Å². The van der Waals surface area contributed by atoms with Crippen molar-refractivity contribution in [3.63, 3.8) is 0 Å². The van der Waals surface area contributed by atoms with Crippen molar-refractivity contribution in [2.45, 2.75) is 12.6 Å². The summed E-state index contributed by atoms with van der Waals surface area (Å²) in [4.78, 5) is 21.4. The molecule has 0 bridgehead atoms. The van der Waals surface area contributed by atoms with Crippen molar-refractivity contribution in [1.82, 2.24) is 0 Å². The first-order valence-corrected chi connectivity index (χ1v) is 4.45. The maximum Gasteiger partial charge on any atom is 0.299 e. The van der Waals surface area contributed by atoms with Gasteiger partial charge in [0.15, 0.2) is 0 Å². The number of hydrogen-bond donors (Lipinski definition) is 0. The third-order valence-corrected chi connectivity index (χ3v) is 2.34. The van der Waals surface area contributed by atoms with Crippen LogP contribution in [-0.4, -0.2) is 24.2 Å². The molecule has 2 nitrogen and oxygen atoms in total. The van der Waals surface area contributed by atoms with E-state index in [4.69, 9.17) is 0 Å². The number of Topliss-reactive ketones (excluding diaryl/α,β-unsaturated/α-hetero) is 2. The fourth-order valence-electron chi connectivity index (χ4n) is 0.783. The predicted octanol–water partition coefficient (Wildman–Crippen LogP) is 2.10. The van der Waals surface area contributed by atoms with Crippen LogP contribution in [-0.2, 0) is 4.79 Å². The summed E-state index contributed by atoms with van der Waals surface area (Å²) in [5.41, 5.74) is 0. The Labute approximate surface area is 81.4 Å². The second kappa shape index (κ2) is 4.36. The van der Waals surface area contributed by atoms with E-state index >= 15 is 0 Å². The lowest BCUT2D eigenvalue weighted by Crippen LogP contribution is -2.30. The van der Waals surface area contributed by atoms with Gasteiger partial charge < -0.3 is 0 Å². The Morgan fingerprint density at radius 2 is 1.93 bits per heavy atom. The Morgan fingerprint density at radius 3 is 2.36 bits per heavy atom. The summed E-state index contributed by atoms with van der Waals surface area (Å²) >= 11 is 0.902. The summed E-state index contributed by atoms with van der Waals surface area (Å²) in [5, 5.41) is 1.49. The minimum Gasteiger partial charge on any atom is -0.289 e. The molecule has 14 heavy (non-hydrogen) atoms. The second-order valence-corrected chi connectivity index (χ2v) is 3.35. The highest BCUT2D eigenvalue weighted by Crippen LogP contribution is 2.15. The molecule has 0 aromatic carbocycles. The second-order valence-electron chi connectivity index (χ2n) is 2.41. The van der Waals surface area contributed by atoms with Gasteiger partial charge in [0.2, 0.25) is 17.7 Å². The van der Waals surface area contributed by atoms with E-state index in [9.17, 15) is 22.8 Å². The molecule has 1 heterocycles. The lowest BCUT2D eigenvalue weighted by molar-refractivity contribution is -0.132. The van der Waals surface area contributed by atoms with E-state index in [0.717, 1.165) is 11.3 Å². The molecule has 1 unspecified atom stereocenters. The van der Waals surface area contributed by atoms with Crippen LogP contribution in [0.15, 0.2) is 17.5 Å². The first kappa shape index (κ1) is 10.9. The molecule has 76 valence electrons. The maximum atomic E-state index is 12.8. The number of halogens is 3. The Balaban J connectivity index is 2.76. The predicted molar refractivity (Wildman–Crippen MR) is 44.6 cm³/mol. The molecular weight excluding hydrogens is 217 g/mol. The van der Waals surface area contributed by atoms with Gasteiger partial charge in [-0.25, -0.2) is 13.2 Å². The highest BCUT2D eigenvalue weighted by Gasteiger charge is 2.33. The van der Waals surface area contributed by atoms with E-state index < -0.39 is 24.2 Å². The van der Waals surface area contributed by atoms with Crippen LogP contribution in [0.1, 0.15) is 9.67 Å². The maximum absolute atomic E-state index is 12.8. The molecule has 1 atom stereocenters. The van der Waals surface area contributed by atoms with Crippen molar-refractivity contribution in [2.24, 2.45) is 0 Å². The highest BCUT2D eigenvalue weighted by molar-refractivity contribution is 7.12. The normalized spacial score (nSPS) is 12.9. The van der Waals surface area contributed by atoms with Gasteiger partial charge in [0.05, 0.1) is 4.88 Å². The van der Waals surface area contributed by atoms with E-state index in [-0.39, 0.29) is 4.88 Å². The van der Waals surface area contributed by atoms with Crippen LogP contribution in [0.3, 0.4) is 0 Å². The number of thiophene rings is 1. The number of rotatable bonds is 4. The van der Waals surface area contributed by atoms with Gasteiger partial charge in [-0.1, -0.05) is 6.07 Å². The SMILES string of the molecule is O=C(c1cccs1)C(F)C(=O)C(F)F. The van der Waals surface area contributed by atoms with Crippen LogP contribution in [0.5, 0.6) is 0 Å². The van der Waals surface area contributed by atoms with Gasteiger partial charge in [-0.05, 0) is 11.4 Å². The molecule has 6 heteroatoms. The van der Waals surface area contributed by atoms with Crippen molar-refractivity contribution in [2.75, 3.05) is 0 Å². The Kier molecular flexibility index (Phi) is 3.40. The average Bonchev–Trinajstić information content (AvgIpc) is 2.67. The smallest absolute Gasteiger partial charge is 0.289 e. The van der Waals surface area contributed by atoms with Gasteiger partial charge >= 0.3 is 0 Å². The summed E-state index contributed by atoms with van der Waals surface area (Å²) in [6.07, 6.45) is -6.21. The van der Waals surface area contributed by atoms with Crippen LogP contribution in [0.2, 0.25) is 0 Å². The Hall–Kier alpha value is -1.17. The molecule has 1 aromatic heterocycles. The summed E-state index contributed by atoms with van der Waals surface area (Å²) in [6.45, 7) is 0. The van der Waals surface area contributed by atoms with Crippen LogP contribution in [0.25, 0.3) is 0 Å². The van der Waals surface area contributed by atoms with E-state index in [1.54, 1.807) is 0 Å². The minimum atomic E-state index is -3.45. The molecule has 0 aliphatic carbocycles. The summed E-state index contributed by atoms with van der Waals surface area (Å²) < 4.78 is 36.3. The monoisotopic (exact) mass is 222 g/mol. The van der Waals surface area contributed by atoms with Crippen LogP contribution < -0.4 is 0 Å². The van der Waals surface area contributed by atoms with Crippen molar-refractivity contribution < 1.29 is 22.8 Å². The summed E-state index contributed by atoms with van der Waals surface area (Å²) in [5.74, 6) is -3.19. The van der Waals surface area contributed by atoms with Crippen molar-refractivity contribution >= 4 is 22.9 Å². The van der Waals surface area contributed by atoms with Crippen molar-refractivity contribution in [3.05, 3.63) is 22.4 Å². The van der Waals surface area contributed by atoms with Crippen LogP contribution in [0.4, 0.5) is 13.2 Å². The third-order valence-electron chi connectivity index (χ3n) is 1.46. The molecule has 0 aliphatic rings. The zero-order valence-corrected chi connectivity index (χ0v) is 7.56. The molecule has 0 saturated heterocycles. The van der Waals surface area contributed by atoms with E-state index in [2.05, 4.69) is 0 Å². The first-order valence-electron chi connectivity index (χ1n) is 3.57. The molecule has 0 N–H and O–H groups in total. The zero-order valence-electron chi connectivity index (χ0n) is 6.75. The van der Waals surface area contributed by atoms with Crippen LogP contribution >= 0.6 is 11.3 Å². The molecular formula is C8H5F3O2S.